The van der Waals surface area contributed by atoms with Gasteiger partial charge in [-0.3, -0.25) is 0 Å². The number of nitrogens with zero attached hydrogens (tertiary/aromatic N) is 1. The number of rotatable bonds is 1. The van der Waals surface area contributed by atoms with Gasteiger partial charge in [-0.05, 0) is 11.6 Å². The number of hydrogen-bond donors (Lipinski definition) is 0. The van der Waals surface area contributed by atoms with Gasteiger partial charge < -0.3 is 4.57 Å². The van der Waals surface area contributed by atoms with Gasteiger partial charge in [0.1, 0.15) is 5.15 Å². The van der Waals surface area contributed by atoms with Crippen LogP contribution in [0.3, 0.4) is 0 Å². The molecule has 0 radical (unpaired) electrons. The molecule has 1 nitrogen and oxygen atoms in total. The second kappa shape index (κ2) is 3.27. The lowest BCUT2D eigenvalue weighted by molar-refractivity contribution is 0.929. The van der Waals surface area contributed by atoms with Gasteiger partial charge in [0.05, 0.1) is 0 Å². The Morgan fingerprint density at radius 3 is 2.31 bits per heavy atom. The molecule has 2 heteroatoms. The molecule has 0 saturated heterocycles. The van der Waals surface area contributed by atoms with Crippen molar-refractivity contribution in [3.63, 3.8) is 0 Å². The number of aromatic nitrogens is 1. The molecular weight excluding hydrogens is 182 g/mol. The average molecular weight is 192 g/mol. The molecule has 0 spiro atoms. The molecule has 0 saturated carbocycles. The van der Waals surface area contributed by atoms with Gasteiger partial charge in [-0.1, -0.05) is 41.9 Å². The SMILES string of the molecule is Cn1ccc(-c2ccccc2)c1Cl. The third-order valence-electron chi connectivity index (χ3n) is 2.08. The zero-order chi connectivity index (χ0) is 9.26. The second-order valence-corrected chi connectivity index (χ2v) is 3.36. The molecule has 1 heterocycles. The first-order valence-electron chi connectivity index (χ1n) is 4.15. The number of halogens is 1. The predicted molar refractivity (Wildman–Crippen MR) is 55.9 cm³/mol. The standard InChI is InChI=1S/C11H10ClN/c1-13-8-7-10(11(13)12)9-5-3-2-4-6-9/h2-8H,1H3. The lowest BCUT2D eigenvalue weighted by Crippen LogP contribution is -1.83. The monoisotopic (exact) mass is 191 g/mol. The third kappa shape index (κ3) is 1.47. The van der Waals surface area contributed by atoms with Crippen LogP contribution in [-0.4, -0.2) is 4.57 Å². The van der Waals surface area contributed by atoms with Crippen LogP contribution in [0.25, 0.3) is 11.1 Å². The fourth-order valence-corrected chi connectivity index (χ4v) is 1.57. The summed E-state index contributed by atoms with van der Waals surface area (Å²) in [7, 11) is 1.94. The lowest BCUT2D eigenvalue weighted by Gasteiger charge is -1.99. The van der Waals surface area contributed by atoms with Crippen molar-refractivity contribution in [1.82, 2.24) is 4.57 Å². The fourth-order valence-electron chi connectivity index (χ4n) is 1.34. The van der Waals surface area contributed by atoms with Crippen LogP contribution in [0.4, 0.5) is 0 Å². The van der Waals surface area contributed by atoms with Crippen LogP contribution in [0, 0.1) is 0 Å². The Morgan fingerprint density at radius 1 is 1.08 bits per heavy atom. The Bertz CT molecular complexity index is 403. The Morgan fingerprint density at radius 2 is 1.77 bits per heavy atom. The van der Waals surface area contributed by atoms with Crippen molar-refractivity contribution in [3.8, 4) is 11.1 Å². The smallest absolute Gasteiger partial charge is 0.116 e. The van der Waals surface area contributed by atoms with Crippen LogP contribution in [0.2, 0.25) is 5.15 Å². The highest BCUT2D eigenvalue weighted by atomic mass is 35.5. The number of aryl methyl sites for hydroxylation is 1. The molecule has 0 bridgehead atoms. The maximum atomic E-state index is 6.11. The molecule has 0 aliphatic heterocycles. The second-order valence-electron chi connectivity index (χ2n) is 3.00. The van der Waals surface area contributed by atoms with E-state index in [1.54, 1.807) is 0 Å². The summed E-state index contributed by atoms with van der Waals surface area (Å²) in [5.74, 6) is 0. The van der Waals surface area contributed by atoms with E-state index in [1.807, 2.05) is 42.1 Å². The van der Waals surface area contributed by atoms with Crippen molar-refractivity contribution in [2.75, 3.05) is 0 Å². The highest BCUT2D eigenvalue weighted by Crippen LogP contribution is 2.27. The van der Waals surface area contributed by atoms with E-state index in [9.17, 15) is 0 Å². The zero-order valence-electron chi connectivity index (χ0n) is 7.37. The first-order valence-corrected chi connectivity index (χ1v) is 4.53. The molecule has 0 amide bonds. The van der Waals surface area contributed by atoms with Gasteiger partial charge in [-0.2, -0.15) is 0 Å². The molecular formula is C11H10ClN. The normalized spacial score (nSPS) is 10.3. The van der Waals surface area contributed by atoms with E-state index in [0.29, 0.717) is 0 Å². The summed E-state index contributed by atoms with van der Waals surface area (Å²) in [5, 5.41) is 0.784. The molecule has 0 aliphatic rings. The van der Waals surface area contributed by atoms with Gasteiger partial charge in [0.15, 0.2) is 0 Å². The Hall–Kier alpha value is -1.21. The molecule has 66 valence electrons. The Kier molecular flexibility index (Phi) is 2.11. The van der Waals surface area contributed by atoms with Crippen LogP contribution >= 0.6 is 11.6 Å². The van der Waals surface area contributed by atoms with Crippen molar-refractivity contribution in [3.05, 3.63) is 47.7 Å². The molecule has 1 aromatic carbocycles. The van der Waals surface area contributed by atoms with E-state index in [4.69, 9.17) is 11.6 Å². The number of benzene rings is 1. The van der Waals surface area contributed by atoms with Crippen molar-refractivity contribution in [2.24, 2.45) is 7.05 Å². The molecule has 1 aromatic heterocycles. The molecule has 0 aliphatic carbocycles. The Labute approximate surface area is 82.6 Å². The van der Waals surface area contributed by atoms with Crippen LogP contribution in [0.5, 0.6) is 0 Å². The maximum Gasteiger partial charge on any atom is 0.116 e. The van der Waals surface area contributed by atoms with E-state index in [1.165, 1.54) is 0 Å². The predicted octanol–water partition coefficient (Wildman–Crippen LogP) is 3.35. The van der Waals surface area contributed by atoms with Crippen LogP contribution in [0.1, 0.15) is 0 Å². The maximum absolute atomic E-state index is 6.11. The minimum atomic E-state index is 0.784. The minimum Gasteiger partial charge on any atom is -0.341 e. The van der Waals surface area contributed by atoms with E-state index < -0.39 is 0 Å². The summed E-state index contributed by atoms with van der Waals surface area (Å²) in [4.78, 5) is 0. The van der Waals surface area contributed by atoms with E-state index in [0.717, 1.165) is 16.3 Å². The average Bonchev–Trinajstić information content (AvgIpc) is 2.49. The highest BCUT2D eigenvalue weighted by Gasteiger charge is 2.04. The van der Waals surface area contributed by atoms with Crippen LogP contribution in [0.15, 0.2) is 42.6 Å². The van der Waals surface area contributed by atoms with Crippen molar-refractivity contribution >= 4 is 11.6 Å². The number of hydrogen-bond acceptors (Lipinski definition) is 0. The highest BCUT2D eigenvalue weighted by molar-refractivity contribution is 6.32. The van der Waals surface area contributed by atoms with Gasteiger partial charge >= 0.3 is 0 Å². The van der Waals surface area contributed by atoms with Gasteiger partial charge in [-0.25, -0.2) is 0 Å². The summed E-state index contributed by atoms with van der Waals surface area (Å²) in [5.41, 5.74) is 2.25. The molecule has 2 rings (SSSR count). The third-order valence-corrected chi connectivity index (χ3v) is 2.55. The van der Waals surface area contributed by atoms with Crippen molar-refractivity contribution in [2.45, 2.75) is 0 Å². The molecule has 13 heavy (non-hydrogen) atoms. The Balaban J connectivity index is 2.53. The summed E-state index contributed by atoms with van der Waals surface area (Å²) >= 11 is 6.11. The minimum absolute atomic E-state index is 0.784. The summed E-state index contributed by atoms with van der Waals surface area (Å²) in [6.45, 7) is 0. The van der Waals surface area contributed by atoms with Gasteiger partial charge in [0.2, 0.25) is 0 Å². The molecule has 2 aromatic rings. The lowest BCUT2D eigenvalue weighted by atomic mass is 10.1. The molecule has 0 unspecified atom stereocenters. The van der Waals surface area contributed by atoms with E-state index >= 15 is 0 Å². The van der Waals surface area contributed by atoms with Crippen molar-refractivity contribution < 1.29 is 0 Å². The zero-order valence-corrected chi connectivity index (χ0v) is 8.12. The quantitative estimate of drug-likeness (QED) is 0.652. The van der Waals surface area contributed by atoms with Gasteiger partial charge in [-0.15, -0.1) is 0 Å². The molecule has 0 fully saturated rings. The summed E-state index contributed by atoms with van der Waals surface area (Å²) in [6.07, 6.45) is 1.96. The summed E-state index contributed by atoms with van der Waals surface area (Å²) in [6, 6.07) is 12.2. The van der Waals surface area contributed by atoms with Gasteiger partial charge in [0, 0.05) is 18.8 Å². The molecule has 0 N–H and O–H groups in total. The van der Waals surface area contributed by atoms with Gasteiger partial charge in [0.25, 0.3) is 0 Å². The molecule has 0 atom stereocenters. The first kappa shape index (κ1) is 8.39. The van der Waals surface area contributed by atoms with Crippen LogP contribution in [-0.2, 0) is 7.05 Å². The van der Waals surface area contributed by atoms with E-state index in [2.05, 4.69) is 12.1 Å². The van der Waals surface area contributed by atoms with Crippen molar-refractivity contribution in [1.29, 1.82) is 0 Å². The largest absolute Gasteiger partial charge is 0.341 e. The van der Waals surface area contributed by atoms with E-state index in [-0.39, 0.29) is 0 Å². The van der Waals surface area contributed by atoms with Crippen LogP contribution < -0.4 is 0 Å². The first-order chi connectivity index (χ1) is 6.29. The summed E-state index contributed by atoms with van der Waals surface area (Å²) < 4.78 is 1.91. The fraction of sp³-hybridized carbons (Fsp3) is 0.0909. The topological polar surface area (TPSA) is 4.93 Å².